The van der Waals surface area contributed by atoms with E-state index < -0.39 is 0 Å². The molecule has 0 unspecified atom stereocenters. The molecule has 26 heavy (non-hydrogen) atoms. The van der Waals surface area contributed by atoms with Gasteiger partial charge in [-0.3, -0.25) is 9.59 Å². The normalized spacial score (nSPS) is 13.8. The van der Waals surface area contributed by atoms with Crippen molar-refractivity contribution in [3.05, 3.63) is 71.3 Å². The lowest BCUT2D eigenvalue weighted by Crippen LogP contribution is -2.21. The van der Waals surface area contributed by atoms with Crippen LogP contribution in [0, 0.1) is 0 Å². The molecule has 1 heterocycles. The van der Waals surface area contributed by atoms with Crippen LogP contribution in [0.4, 0.5) is 0 Å². The first kappa shape index (κ1) is 20.9. The fraction of sp³-hybridized carbons (Fsp3) is 0.200. The molecule has 0 saturated carbocycles. The summed E-state index contributed by atoms with van der Waals surface area (Å²) in [6.07, 6.45) is 5.87. The zero-order chi connectivity index (χ0) is 19.5. The summed E-state index contributed by atoms with van der Waals surface area (Å²) in [5.41, 5.74) is 2.96. The van der Waals surface area contributed by atoms with Gasteiger partial charge in [-0.2, -0.15) is 0 Å². The van der Waals surface area contributed by atoms with E-state index >= 15 is 0 Å². The van der Waals surface area contributed by atoms with Gasteiger partial charge in [0.1, 0.15) is 18.6 Å². The van der Waals surface area contributed by atoms with Crippen LogP contribution in [0.2, 0.25) is 0 Å². The maximum atomic E-state index is 11.7. The van der Waals surface area contributed by atoms with Crippen LogP contribution in [0.3, 0.4) is 0 Å². The van der Waals surface area contributed by atoms with Crippen LogP contribution >= 0.6 is 0 Å². The summed E-state index contributed by atoms with van der Waals surface area (Å²) in [7, 11) is 1.00. The van der Waals surface area contributed by atoms with Gasteiger partial charge in [0, 0.05) is 23.8 Å². The second kappa shape index (κ2) is 10.7. The summed E-state index contributed by atoms with van der Waals surface area (Å²) in [5, 5.41) is 15.3. The molecule has 0 bridgehead atoms. The Morgan fingerprint density at radius 1 is 1.23 bits per heavy atom. The van der Waals surface area contributed by atoms with E-state index in [2.05, 4.69) is 16.8 Å². The lowest BCUT2D eigenvalue weighted by Gasteiger charge is -2.16. The quantitative estimate of drug-likeness (QED) is 0.368. The fourth-order valence-corrected chi connectivity index (χ4v) is 2.14. The van der Waals surface area contributed by atoms with E-state index in [1.165, 1.54) is 6.92 Å². The number of allylic oxidation sites excluding steroid dienone is 4. The Morgan fingerprint density at radius 3 is 2.46 bits per heavy atom. The molecule has 0 spiro atoms. The number of rotatable bonds is 6. The van der Waals surface area contributed by atoms with Crippen molar-refractivity contribution in [3.8, 4) is 0 Å². The van der Waals surface area contributed by atoms with Crippen molar-refractivity contribution in [2.24, 2.45) is 10.2 Å². The first-order valence-electron chi connectivity index (χ1n) is 7.88. The number of aliphatic hydroxyl groups is 1. The van der Waals surface area contributed by atoms with Crippen LogP contribution in [-0.4, -0.2) is 42.5 Å². The second-order valence-corrected chi connectivity index (χ2v) is 5.11. The van der Waals surface area contributed by atoms with Gasteiger partial charge >= 0.3 is 0 Å². The Morgan fingerprint density at radius 2 is 1.92 bits per heavy atom. The number of carbonyl (C=O) groups is 2. The highest BCUT2D eigenvalue weighted by atomic mass is 16.5. The van der Waals surface area contributed by atoms with Crippen molar-refractivity contribution >= 4 is 23.7 Å². The molecule has 1 N–H and O–H groups in total. The van der Waals surface area contributed by atoms with Gasteiger partial charge in [-0.05, 0) is 25.5 Å². The van der Waals surface area contributed by atoms with E-state index in [1.54, 1.807) is 30.4 Å². The molecule has 0 saturated heterocycles. The lowest BCUT2D eigenvalue weighted by molar-refractivity contribution is -0.104. The Bertz CT molecular complexity index is 802. The van der Waals surface area contributed by atoms with Crippen LogP contribution in [0.15, 0.2) is 70.4 Å². The summed E-state index contributed by atoms with van der Waals surface area (Å²) < 4.78 is 5.68. The number of ether oxygens (including phenoxy) is 1. The van der Waals surface area contributed by atoms with Gasteiger partial charge in [-0.1, -0.05) is 43.0 Å². The first-order chi connectivity index (χ1) is 12.6. The number of hydrogen-bond acceptors (Lipinski definition) is 6. The largest absolute Gasteiger partial charge is 0.470 e. The Hall–Kier alpha value is -3.12. The van der Waals surface area contributed by atoms with Gasteiger partial charge in [0.25, 0.3) is 0 Å². The molecule has 2 rings (SSSR count). The monoisotopic (exact) mass is 354 g/mol. The molecule has 6 nitrogen and oxygen atoms in total. The van der Waals surface area contributed by atoms with Crippen LogP contribution in [-0.2, 0) is 9.53 Å². The lowest BCUT2D eigenvalue weighted by atomic mass is 10.0. The Kier molecular flexibility index (Phi) is 8.60. The molecule has 6 heteroatoms. The highest BCUT2D eigenvalue weighted by molar-refractivity contribution is 6.11. The topological polar surface area (TPSA) is 88.3 Å². The van der Waals surface area contributed by atoms with Crippen molar-refractivity contribution in [1.29, 1.82) is 0 Å². The maximum Gasteiger partial charge on any atom is 0.241 e. The molecular formula is C20H22N2O4. The zero-order valence-electron chi connectivity index (χ0n) is 15.1. The summed E-state index contributed by atoms with van der Waals surface area (Å²) in [6.45, 7) is 7.17. The standard InChI is InChI=1S/C19H18N2O3.CH4O/c1-4-15(10-9-13(2)11-22)18-12-24-19(21-20-18)17-8-6-5-7-16(17)14(3)23;1-2/h4-11H,2,12H2,1,3H3;2H,1H3/b10-9-,15-4+;. The first-order valence-corrected chi connectivity index (χ1v) is 7.88. The molecule has 1 aromatic carbocycles. The molecule has 1 aliphatic heterocycles. The third-order valence-corrected chi connectivity index (χ3v) is 3.42. The minimum absolute atomic E-state index is 0.0591. The van der Waals surface area contributed by atoms with Gasteiger partial charge in [0.05, 0.1) is 0 Å². The van der Waals surface area contributed by atoms with Crippen LogP contribution in [0.25, 0.3) is 0 Å². The van der Waals surface area contributed by atoms with Gasteiger partial charge in [0.2, 0.25) is 5.90 Å². The average molecular weight is 354 g/mol. The van der Waals surface area contributed by atoms with Crippen molar-refractivity contribution in [1.82, 2.24) is 0 Å². The van der Waals surface area contributed by atoms with E-state index in [0.717, 1.165) is 12.7 Å². The number of aldehydes is 1. The molecular weight excluding hydrogens is 332 g/mol. The molecule has 136 valence electrons. The second-order valence-electron chi connectivity index (χ2n) is 5.11. The van der Waals surface area contributed by atoms with Crippen molar-refractivity contribution < 1.29 is 19.4 Å². The van der Waals surface area contributed by atoms with E-state index in [9.17, 15) is 9.59 Å². The third kappa shape index (κ3) is 5.46. The number of benzene rings is 1. The van der Waals surface area contributed by atoms with Gasteiger partial charge < -0.3 is 9.84 Å². The number of carbonyl (C=O) groups excluding carboxylic acids is 2. The molecule has 0 radical (unpaired) electrons. The molecule has 0 fully saturated rings. The summed E-state index contributed by atoms with van der Waals surface area (Å²) in [4.78, 5) is 22.3. The van der Waals surface area contributed by atoms with Crippen LogP contribution in [0.1, 0.15) is 29.8 Å². The molecule has 0 atom stereocenters. The molecule has 0 aromatic heterocycles. The van der Waals surface area contributed by atoms with E-state index in [4.69, 9.17) is 9.84 Å². The fourth-order valence-electron chi connectivity index (χ4n) is 2.14. The SMILES string of the molecule is C=C(C=O)/C=C\C(=C/C)C1=NN=C(c2ccccc2C(C)=O)OC1.CO. The number of hydrogen-bond donors (Lipinski definition) is 1. The predicted molar refractivity (Wildman–Crippen MR) is 103 cm³/mol. The Labute approximate surface area is 152 Å². The third-order valence-electron chi connectivity index (χ3n) is 3.42. The number of nitrogens with zero attached hydrogens (tertiary/aromatic N) is 2. The summed E-state index contributed by atoms with van der Waals surface area (Å²) >= 11 is 0. The summed E-state index contributed by atoms with van der Waals surface area (Å²) in [5.74, 6) is 0.261. The maximum absolute atomic E-state index is 11.7. The van der Waals surface area contributed by atoms with Crippen LogP contribution < -0.4 is 0 Å². The molecule has 0 aliphatic carbocycles. The molecule has 1 aliphatic rings. The van der Waals surface area contributed by atoms with Crippen molar-refractivity contribution in [2.45, 2.75) is 13.8 Å². The van der Waals surface area contributed by atoms with E-state index in [1.807, 2.05) is 19.1 Å². The zero-order valence-corrected chi connectivity index (χ0v) is 15.1. The van der Waals surface area contributed by atoms with E-state index in [0.29, 0.717) is 34.6 Å². The number of aliphatic hydroxyl groups excluding tert-OH is 1. The van der Waals surface area contributed by atoms with E-state index in [-0.39, 0.29) is 12.4 Å². The minimum Gasteiger partial charge on any atom is -0.470 e. The minimum atomic E-state index is -0.0591. The summed E-state index contributed by atoms with van der Waals surface area (Å²) in [6, 6.07) is 7.12. The molecule has 0 amide bonds. The number of Topliss-reactive ketones (excluding diaryl/α,β-unsaturated/α-hetero) is 1. The van der Waals surface area contributed by atoms with Crippen molar-refractivity contribution in [3.63, 3.8) is 0 Å². The van der Waals surface area contributed by atoms with Gasteiger partial charge in [-0.15, -0.1) is 10.2 Å². The van der Waals surface area contributed by atoms with Crippen LogP contribution in [0.5, 0.6) is 0 Å². The van der Waals surface area contributed by atoms with Gasteiger partial charge in [-0.25, -0.2) is 0 Å². The van der Waals surface area contributed by atoms with Crippen molar-refractivity contribution in [2.75, 3.05) is 13.7 Å². The average Bonchev–Trinajstić information content (AvgIpc) is 2.70. The molecule has 1 aromatic rings. The number of ketones is 1. The predicted octanol–water partition coefficient (Wildman–Crippen LogP) is 2.89. The highest BCUT2D eigenvalue weighted by Crippen LogP contribution is 2.16. The Balaban J connectivity index is 0.00000163. The van der Waals surface area contributed by atoms with Gasteiger partial charge in [0.15, 0.2) is 5.78 Å². The highest BCUT2D eigenvalue weighted by Gasteiger charge is 2.18. The smallest absolute Gasteiger partial charge is 0.241 e.